The molecule has 1 aromatic carbocycles. The molecule has 1 aliphatic heterocycles. The minimum Gasteiger partial charge on any atom is -0.469 e. The number of carbonyl (C=O) groups is 1. The lowest BCUT2D eigenvalue weighted by atomic mass is 9.99. The van der Waals surface area contributed by atoms with E-state index < -0.39 is 14.9 Å². The summed E-state index contributed by atoms with van der Waals surface area (Å²) in [6.45, 7) is 1.92. The first-order chi connectivity index (χ1) is 10.8. The molecule has 0 saturated carbocycles. The number of nitro benzene ring substituents is 1. The van der Waals surface area contributed by atoms with E-state index in [-0.39, 0.29) is 35.6 Å². The molecule has 0 radical (unpaired) electrons. The lowest BCUT2D eigenvalue weighted by Crippen LogP contribution is -2.40. The Labute approximate surface area is 134 Å². The molecule has 0 spiro atoms. The molecule has 126 valence electrons. The third kappa shape index (κ3) is 3.50. The molecule has 1 fully saturated rings. The Morgan fingerprint density at radius 2 is 1.96 bits per heavy atom. The largest absolute Gasteiger partial charge is 0.469 e. The number of rotatable bonds is 4. The van der Waals surface area contributed by atoms with Crippen molar-refractivity contribution < 1.29 is 22.9 Å². The van der Waals surface area contributed by atoms with E-state index in [1.165, 1.54) is 23.5 Å². The first-order valence-electron chi connectivity index (χ1n) is 7.10. The van der Waals surface area contributed by atoms with Gasteiger partial charge in [0.2, 0.25) is 10.0 Å². The molecule has 9 heteroatoms. The first-order valence-corrected chi connectivity index (χ1v) is 8.54. The summed E-state index contributed by atoms with van der Waals surface area (Å²) in [5.74, 6) is -0.646. The van der Waals surface area contributed by atoms with Gasteiger partial charge in [-0.15, -0.1) is 0 Å². The zero-order valence-electron chi connectivity index (χ0n) is 12.9. The highest BCUT2D eigenvalue weighted by molar-refractivity contribution is 7.89. The summed E-state index contributed by atoms with van der Waals surface area (Å²) in [6.07, 6.45) is 0.750. The van der Waals surface area contributed by atoms with Crippen molar-refractivity contribution in [3.63, 3.8) is 0 Å². The Morgan fingerprint density at radius 1 is 1.35 bits per heavy atom. The molecule has 0 unspecified atom stereocenters. The average molecular weight is 342 g/mol. The van der Waals surface area contributed by atoms with Crippen LogP contribution in [-0.4, -0.2) is 43.8 Å². The summed E-state index contributed by atoms with van der Waals surface area (Å²) in [4.78, 5) is 21.8. The van der Waals surface area contributed by atoms with Crippen molar-refractivity contribution in [1.82, 2.24) is 4.31 Å². The molecular weight excluding hydrogens is 324 g/mol. The second-order valence-electron chi connectivity index (χ2n) is 5.41. The van der Waals surface area contributed by atoms with Crippen LogP contribution < -0.4 is 0 Å². The number of nitro groups is 1. The summed E-state index contributed by atoms with van der Waals surface area (Å²) in [5, 5.41) is 11.0. The minimum absolute atomic E-state index is 0.105. The summed E-state index contributed by atoms with van der Waals surface area (Å²) in [5.41, 5.74) is 0.175. The van der Waals surface area contributed by atoms with Gasteiger partial charge in [0.05, 0.1) is 22.8 Å². The molecule has 8 nitrogen and oxygen atoms in total. The smallest absolute Gasteiger partial charge is 0.308 e. The van der Waals surface area contributed by atoms with Crippen LogP contribution in [0.4, 0.5) is 5.69 Å². The molecule has 0 amide bonds. The van der Waals surface area contributed by atoms with E-state index in [0.29, 0.717) is 18.4 Å². The van der Waals surface area contributed by atoms with Crippen LogP contribution in [0.1, 0.15) is 18.4 Å². The number of ether oxygens (including phenoxy) is 1. The number of piperidine rings is 1. The fourth-order valence-electron chi connectivity index (χ4n) is 2.59. The fraction of sp³-hybridized carbons (Fsp3) is 0.500. The highest BCUT2D eigenvalue weighted by Gasteiger charge is 2.33. The molecule has 0 bridgehead atoms. The molecule has 1 aromatic rings. The van der Waals surface area contributed by atoms with E-state index in [0.717, 1.165) is 6.07 Å². The van der Waals surface area contributed by atoms with Crippen LogP contribution in [0.15, 0.2) is 23.1 Å². The molecule has 1 saturated heterocycles. The zero-order chi connectivity index (χ0) is 17.2. The number of esters is 1. The monoisotopic (exact) mass is 342 g/mol. The van der Waals surface area contributed by atoms with Crippen LogP contribution in [0.25, 0.3) is 0 Å². The highest BCUT2D eigenvalue weighted by Crippen LogP contribution is 2.27. The van der Waals surface area contributed by atoms with Crippen LogP contribution in [-0.2, 0) is 19.6 Å². The summed E-state index contributed by atoms with van der Waals surface area (Å²) >= 11 is 0. The third-order valence-corrected chi connectivity index (χ3v) is 5.90. The number of benzene rings is 1. The molecule has 2 rings (SSSR count). The van der Waals surface area contributed by atoms with Gasteiger partial charge in [-0.1, -0.05) is 6.07 Å². The number of carbonyl (C=O) groups excluding carboxylic acids is 1. The Balaban J connectivity index is 2.22. The van der Waals surface area contributed by atoms with Gasteiger partial charge in [0.1, 0.15) is 0 Å². The summed E-state index contributed by atoms with van der Waals surface area (Å²) in [7, 11) is -2.51. The van der Waals surface area contributed by atoms with E-state index in [1.807, 2.05) is 0 Å². The van der Waals surface area contributed by atoms with Gasteiger partial charge >= 0.3 is 5.97 Å². The van der Waals surface area contributed by atoms with Crippen molar-refractivity contribution in [1.29, 1.82) is 0 Å². The highest BCUT2D eigenvalue weighted by atomic mass is 32.2. The average Bonchev–Trinajstić information content (AvgIpc) is 2.54. The van der Waals surface area contributed by atoms with Crippen molar-refractivity contribution in [2.75, 3.05) is 20.2 Å². The van der Waals surface area contributed by atoms with Crippen LogP contribution in [0.5, 0.6) is 0 Å². The van der Waals surface area contributed by atoms with Gasteiger partial charge in [-0.25, -0.2) is 8.42 Å². The second kappa shape index (κ2) is 6.63. The molecule has 0 atom stereocenters. The molecule has 0 aliphatic carbocycles. The second-order valence-corrected chi connectivity index (χ2v) is 7.34. The number of aryl methyl sites for hydroxylation is 1. The fourth-order valence-corrected chi connectivity index (χ4v) is 4.08. The van der Waals surface area contributed by atoms with Crippen molar-refractivity contribution in [3.8, 4) is 0 Å². The van der Waals surface area contributed by atoms with Gasteiger partial charge in [-0.05, 0) is 25.8 Å². The van der Waals surface area contributed by atoms with E-state index in [9.17, 15) is 23.3 Å². The Hall–Kier alpha value is -2.00. The Kier molecular flexibility index (Phi) is 5.00. The molecule has 0 N–H and O–H groups in total. The molecular formula is C14H18N2O6S. The van der Waals surface area contributed by atoms with Gasteiger partial charge in [-0.2, -0.15) is 4.31 Å². The van der Waals surface area contributed by atoms with Crippen molar-refractivity contribution in [2.45, 2.75) is 24.7 Å². The Bertz CT molecular complexity index is 723. The lowest BCUT2D eigenvalue weighted by Gasteiger charge is -2.29. The predicted molar refractivity (Wildman–Crippen MR) is 81.3 cm³/mol. The third-order valence-electron chi connectivity index (χ3n) is 4.00. The standard InChI is InChI=1S/C14H18N2O6S/c1-10-3-4-12(9-13(10)16(18)19)23(20,21)15-7-5-11(6-8-15)14(17)22-2/h3-4,9,11H,5-8H2,1-2H3. The van der Waals surface area contributed by atoms with E-state index >= 15 is 0 Å². The molecule has 1 heterocycles. The first kappa shape index (κ1) is 17.4. The van der Waals surface area contributed by atoms with Gasteiger partial charge in [0.15, 0.2) is 0 Å². The summed E-state index contributed by atoms with van der Waals surface area (Å²) < 4.78 is 31.1. The van der Waals surface area contributed by atoms with Crippen LogP contribution in [0.2, 0.25) is 0 Å². The van der Waals surface area contributed by atoms with E-state index in [4.69, 9.17) is 0 Å². The quantitative estimate of drug-likeness (QED) is 0.466. The van der Waals surface area contributed by atoms with Gasteiger partial charge < -0.3 is 4.74 Å². The van der Waals surface area contributed by atoms with Gasteiger partial charge in [0.25, 0.3) is 5.69 Å². The lowest BCUT2D eigenvalue weighted by molar-refractivity contribution is -0.385. The van der Waals surface area contributed by atoms with Crippen molar-refractivity contribution >= 4 is 21.7 Å². The molecule has 1 aliphatic rings. The minimum atomic E-state index is -3.81. The Morgan fingerprint density at radius 3 is 2.48 bits per heavy atom. The van der Waals surface area contributed by atoms with Crippen LogP contribution in [0, 0.1) is 23.0 Å². The van der Waals surface area contributed by atoms with E-state index in [1.54, 1.807) is 6.92 Å². The number of hydrogen-bond donors (Lipinski definition) is 0. The van der Waals surface area contributed by atoms with Crippen molar-refractivity contribution in [3.05, 3.63) is 33.9 Å². The number of methoxy groups -OCH3 is 1. The molecule has 23 heavy (non-hydrogen) atoms. The van der Waals surface area contributed by atoms with Gasteiger partial charge in [-0.3, -0.25) is 14.9 Å². The summed E-state index contributed by atoms with van der Waals surface area (Å²) in [6, 6.07) is 3.87. The van der Waals surface area contributed by atoms with Crippen molar-refractivity contribution in [2.24, 2.45) is 5.92 Å². The van der Waals surface area contributed by atoms with Crippen LogP contribution >= 0.6 is 0 Å². The number of hydrogen-bond acceptors (Lipinski definition) is 6. The van der Waals surface area contributed by atoms with Crippen LogP contribution in [0.3, 0.4) is 0 Å². The maximum Gasteiger partial charge on any atom is 0.308 e. The molecule has 0 aromatic heterocycles. The number of sulfonamides is 1. The topological polar surface area (TPSA) is 107 Å². The zero-order valence-corrected chi connectivity index (χ0v) is 13.7. The van der Waals surface area contributed by atoms with Gasteiger partial charge in [0, 0.05) is 24.7 Å². The maximum atomic E-state index is 12.6. The normalized spacial score (nSPS) is 17.0. The SMILES string of the molecule is COC(=O)C1CCN(S(=O)(=O)c2ccc(C)c([N+](=O)[O-])c2)CC1. The number of nitrogens with zero attached hydrogens (tertiary/aromatic N) is 2. The predicted octanol–water partition coefficient (Wildman–Crippen LogP) is 1.48. The van der Waals surface area contributed by atoms with E-state index in [2.05, 4.69) is 4.74 Å². The maximum absolute atomic E-state index is 12.6.